The molecule has 0 saturated heterocycles. The lowest BCUT2D eigenvalue weighted by atomic mass is 9.87. The van der Waals surface area contributed by atoms with Crippen molar-refractivity contribution in [2.45, 2.75) is 47.0 Å². The minimum Gasteiger partial charge on any atom is -0.372 e. The molecule has 0 spiro atoms. The number of hydrogen-bond donors (Lipinski definition) is 1. The van der Waals surface area contributed by atoms with Crippen LogP contribution < -0.4 is 15.1 Å². The summed E-state index contributed by atoms with van der Waals surface area (Å²) in [5.41, 5.74) is 3.78. The van der Waals surface area contributed by atoms with Crippen molar-refractivity contribution in [2.24, 2.45) is 0 Å². The number of carbonyl (C=O) groups is 2. The van der Waals surface area contributed by atoms with Crippen LogP contribution in [0.15, 0.2) is 48.5 Å². The van der Waals surface area contributed by atoms with E-state index in [1.54, 1.807) is 0 Å². The Morgan fingerprint density at radius 3 is 1.83 bits per heavy atom. The van der Waals surface area contributed by atoms with E-state index < -0.39 is 0 Å². The Kier molecular flexibility index (Phi) is 7.43. The number of benzene rings is 2. The summed E-state index contributed by atoms with van der Waals surface area (Å²) in [6.07, 6.45) is 0. The first-order chi connectivity index (χ1) is 13.7. The Balaban J connectivity index is 2.07. The lowest BCUT2D eigenvalue weighted by molar-refractivity contribution is -0.120. The van der Waals surface area contributed by atoms with Crippen molar-refractivity contribution < 1.29 is 9.59 Å². The average Bonchev–Trinajstić information content (AvgIpc) is 2.67. The predicted octanol–water partition coefficient (Wildman–Crippen LogP) is 4.82. The zero-order chi connectivity index (χ0) is 21.6. The topological polar surface area (TPSA) is 52.7 Å². The standard InChI is InChI=1S/C24H33N3O2/c1-7-26(8-2)21-15-11-20(12-16-21)25-23(29)17-27(18(3)28)22-13-9-19(10-14-22)24(4,5)6/h9-16H,7-8,17H2,1-6H3,(H,25,29). The molecule has 2 aromatic carbocycles. The summed E-state index contributed by atoms with van der Waals surface area (Å²) in [6, 6.07) is 15.6. The van der Waals surface area contributed by atoms with Crippen molar-refractivity contribution in [1.29, 1.82) is 0 Å². The first-order valence-corrected chi connectivity index (χ1v) is 10.2. The Morgan fingerprint density at radius 2 is 1.38 bits per heavy atom. The summed E-state index contributed by atoms with van der Waals surface area (Å²) in [6.45, 7) is 14.0. The smallest absolute Gasteiger partial charge is 0.244 e. The molecule has 5 heteroatoms. The van der Waals surface area contributed by atoms with E-state index >= 15 is 0 Å². The molecule has 0 bridgehead atoms. The molecule has 0 aliphatic carbocycles. The van der Waals surface area contributed by atoms with Crippen LogP contribution in [0.5, 0.6) is 0 Å². The molecule has 0 heterocycles. The lowest BCUT2D eigenvalue weighted by Crippen LogP contribution is -2.36. The minimum atomic E-state index is -0.226. The number of rotatable bonds is 7. The third-order valence-electron chi connectivity index (χ3n) is 5.01. The largest absolute Gasteiger partial charge is 0.372 e. The molecule has 5 nitrogen and oxygen atoms in total. The van der Waals surface area contributed by atoms with Gasteiger partial charge in [-0.25, -0.2) is 0 Å². The molecule has 29 heavy (non-hydrogen) atoms. The van der Waals surface area contributed by atoms with Gasteiger partial charge in [-0.05, 0) is 61.2 Å². The van der Waals surface area contributed by atoms with Crippen LogP contribution in [-0.4, -0.2) is 31.4 Å². The maximum Gasteiger partial charge on any atom is 0.244 e. The quantitative estimate of drug-likeness (QED) is 0.731. The van der Waals surface area contributed by atoms with E-state index in [4.69, 9.17) is 0 Å². The molecule has 0 saturated carbocycles. The van der Waals surface area contributed by atoms with E-state index in [2.05, 4.69) is 44.8 Å². The number of anilines is 3. The molecule has 0 aromatic heterocycles. The Morgan fingerprint density at radius 1 is 0.862 bits per heavy atom. The molecule has 0 radical (unpaired) electrons. The third kappa shape index (κ3) is 6.08. The Bertz CT molecular complexity index is 817. The highest BCUT2D eigenvalue weighted by molar-refractivity contribution is 6.01. The normalized spacial score (nSPS) is 11.1. The van der Waals surface area contributed by atoms with Gasteiger partial charge in [-0.3, -0.25) is 9.59 Å². The van der Waals surface area contributed by atoms with Crippen molar-refractivity contribution in [3.05, 3.63) is 54.1 Å². The van der Waals surface area contributed by atoms with Gasteiger partial charge in [0.1, 0.15) is 6.54 Å². The minimum absolute atomic E-state index is 0.0258. The molecular formula is C24H33N3O2. The van der Waals surface area contributed by atoms with Crippen molar-refractivity contribution in [1.82, 2.24) is 0 Å². The molecule has 2 rings (SSSR count). The zero-order valence-electron chi connectivity index (χ0n) is 18.5. The Labute approximate surface area is 174 Å². The van der Waals surface area contributed by atoms with Gasteiger partial charge in [-0.15, -0.1) is 0 Å². The first-order valence-electron chi connectivity index (χ1n) is 10.2. The van der Waals surface area contributed by atoms with Gasteiger partial charge in [0, 0.05) is 37.1 Å². The van der Waals surface area contributed by atoms with Crippen molar-refractivity contribution in [3.8, 4) is 0 Å². The molecule has 2 amide bonds. The monoisotopic (exact) mass is 395 g/mol. The highest BCUT2D eigenvalue weighted by Gasteiger charge is 2.18. The second-order valence-corrected chi connectivity index (χ2v) is 8.17. The van der Waals surface area contributed by atoms with Crippen LogP contribution in [0, 0.1) is 0 Å². The molecule has 0 aliphatic heterocycles. The van der Waals surface area contributed by atoms with Gasteiger partial charge in [0.15, 0.2) is 0 Å². The second-order valence-electron chi connectivity index (χ2n) is 8.17. The molecule has 0 aliphatic rings. The van der Waals surface area contributed by atoms with Gasteiger partial charge in [0.2, 0.25) is 11.8 Å². The number of amides is 2. The van der Waals surface area contributed by atoms with Crippen LogP contribution in [0.25, 0.3) is 0 Å². The summed E-state index contributed by atoms with van der Waals surface area (Å²) in [5.74, 6) is -0.392. The van der Waals surface area contributed by atoms with Gasteiger partial charge < -0.3 is 15.1 Å². The van der Waals surface area contributed by atoms with Gasteiger partial charge in [0.25, 0.3) is 0 Å². The molecule has 0 atom stereocenters. The summed E-state index contributed by atoms with van der Waals surface area (Å²) >= 11 is 0. The molecule has 0 unspecified atom stereocenters. The summed E-state index contributed by atoms with van der Waals surface area (Å²) in [5, 5.41) is 2.88. The van der Waals surface area contributed by atoms with E-state index in [1.807, 2.05) is 48.5 Å². The van der Waals surface area contributed by atoms with Crippen molar-refractivity contribution >= 4 is 28.9 Å². The fourth-order valence-corrected chi connectivity index (χ4v) is 3.21. The van der Waals surface area contributed by atoms with E-state index in [0.29, 0.717) is 0 Å². The van der Waals surface area contributed by atoms with E-state index in [1.165, 1.54) is 17.4 Å². The van der Waals surface area contributed by atoms with Crippen molar-refractivity contribution in [3.63, 3.8) is 0 Å². The lowest BCUT2D eigenvalue weighted by Gasteiger charge is -2.24. The van der Waals surface area contributed by atoms with E-state index in [0.717, 1.165) is 30.2 Å². The van der Waals surface area contributed by atoms with Crippen LogP contribution in [0.2, 0.25) is 0 Å². The average molecular weight is 396 g/mol. The first kappa shape index (κ1) is 22.5. The van der Waals surface area contributed by atoms with Crippen molar-refractivity contribution in [2.75, 3.05) is 34.8 Å². The van der Waals surface area contributed by atoms with Crippen LogP contribution >= 0.6 is 0 Å². The second kappa shape index (κ2) is 9.59. The summed E-state index contributed by atoms with van der Waals surface area (Å²) < 4.78 is 0. The maximum absolute atomic E-state index is 12.5. The summed E-state index contributed by atoms with van der Waals surface area (Å²) in [4.78, 5) is 28.4. The molecular weight excluding hydrogens is 362 g/mol. The fraction of sp³-hybridized carbons (Fsp3) is 0.417. The highest BCUT2D eigenvalue weighted by atomic mass is 16.2. The molecule has 0 fully saturated rings. The predicted molar refractivity (Wildman–Crippen MR) is 122 cm³/mol. The van der Waals surface area contributed by atoms with Crippen LogP contribution in [0.4, 0.5) is 17.1 Å². The number of nitrogens with zero attached hydrogens (tertiary/aromatic N) is 2. The van der Waals surface area contributed by atoms with Gasteiger partial charge in [-0.2, -0.15) is 0 Å². The molecule has 156 valence electrons. The maximum atomic E-state index is 12.5. The van der Waals surface area contributed by atoms with Gasteiger partial charge in [-0.1, -0.05) is 32.9 Å². The Hall–Kier alpha value is -2.82. The summed E-state index contributed by atoms with van der Waals surface area (Å²) in [7, 11) is 0. The number of hydrogen-bond acceptors (Lipinski definition) is 3. The van der Waals surface area contributed by atoms with E-state index in [9.17, 15) is 9.59 Å². The van der Waals surface area contributed by atoms with E-state index in [-0.39, 0.29) is 23.8 Å². The van der Waals surface area contributed by atoms with Crippen LogP contribution in [-0.2, 0) is 15.0 Å². The van der Waals surface area contributed by atoms with Gasteiger partial charge in [0.05, 0.1) is 0 Å². The SMILES string of the molecule is CCN(CC)c1ccc(NC(=O)CN(C(C)=O)c2ccc(C(C)(C)C)cc2)cc1. The highest BCUT2D eigenvalue weighted by Crippen LogP contribution is 2.25. The van der Waals surface area contributed by atoms with Gasteiger partial charge >= 0.3 is 0 Å². The number of nitrogens with one attached hydrogen (secondary N) is 1. The zero-order valence-corrected chi connectivity index (χ0v) is 18.5. The third-order valence-corrected chi connectivity index (χ3v) is 5.01. The van der Waals surface area contributed by atoms with Crippen LogP contribution in [0.1, 0.15) is 47.1 Å². The number of carbonyl (C=O) groups excluding carboxylic acids is 2. The molecule has 2 aromatic rings. The van der Waals surface area contributed by atoms with Crippen LogP contribution in [0.3, 0.4) is 0 Å². The molecule has 1 N–H and O–H groups in total. The fourth-order valence-electron chi connectivity index (χ4n) is 3.21.